The van der Waals surface area contributed by atoms with Gasteiger partial charge >= 0.3 is 0 Å². The van der Waals surface area contributed by atoms with E-state index in [1.165, 1.54) is 0 Å². The largest absolute Gasteiger partial charge is 0.497 e. The van der Waals surface area contributed by atoms with Crippen molar-refractivity contribution in [2.24, 2.45) is 0 Å². The van der Waals surface area contributed by atoms with Crippen LogP contribution >= 0.6 is 0 Å². The molecule has 0 aliphatic rings. The molecule has 0 fully saturated rings. The molecule has 0 radical (unpaired) electrons. The Morgan fingerprint density at radius 3 is 2.83 bits per heavy atom. The van der Waals surface area contributed by atoms with Crippen LogP contribution in [0.3, 0.4) is 0 Å². The fourth-order valence-corrected chi connectivity index (χ4v) is 2.69. The number of para-hydroxylation sites is 1. The number of benzene rings is 2. The maximum atomic E-state index is 12.2. The summed E-state index contributed by atoms with van der Waals surface area (Å²) in [6.07, 6.45) is 2.52. The Morgan fingerprint density at radius 2 is 2.04 bits per heavy atom. The molecule has 24 heavy (non-hydrogen) atoms. The van der Waals surface area contributed by atoms with Gasteiger partial charge in [-0.1, -0.05) is 30.3 Å². The van der Waals surface area contributed by atoms with Crippen LogP contribution < -0.4 is 10.1 Å². The highest BCUT2D eigenvalue weighted by atomic mass is 16.5. The third-order valence-corrected chi connectivity index (χ3v) is 3.88. The second-order valence-electron chi connectivity index (χ2n) is 5.48. The van der Waals surface area contributed by atoms with Gasteiger partial charge in [0, 0.05) is 29.2 Å². The predicted octanol–water partition coefficient (Wildman–Crippen LogP) is 2.78. The molecule has 0 unspecified atom stereocenters. The lowest BCUT2D eigenvalue weighted by Gasteiger charge is -2.08. The zero-order valence-corrected chi connectivity index (χ0v) is 13.4. The van der Waals surface area contributed by atoms with Crippen molar-refractivity contribution in [3.05, 3.63) is 65.9 Å². The van der Waals surface area contributed by atoms with Crippen LogP contribution in [0, 0.1) is 0 Å². The fraction of sp³-hybridized carbons (Fsp3) is 0.158. The topological polar surface area (TPSA) is 60.3 Å². The van der Waals surface area contributed by atoms with Gasteiger partial charge in [0.2, 0.25) is 5.91 Å². The smallest absolute Gasteiger partial charge is 0.240 e. The molecule has 3 rings (SSSR count). The van der Waals surface area contributed by atoms with Gasteiger partial charge in [0.25, 0.3) is 0 Å². The van der Waals surface area contributed by atoms with E-state index >= 15 is 0 Å². The van der Waals surface area contributed by atoms with Crippen molar-refractivity contribution >= 4 is 23.1 Å². The lowest BCUT2D eigenvalue weighted by molar-refractivity contribution is -0.121. The molecule has 1 aromatic heterocycles. The highest BCUT2D eigenvalue weighted by Crippen LogP contribution is 2.19. The van der Waals surface area contributed by atoms with Crippen LogP contribution in [0.5, 0.6) is 5.75 Å². The Hall–Kier alpha value is -3.08. The molecule has 0 aliphatic carbocycles. The van der Waals surface area contributed by atoms with Gasteiger partial charge in [-0.15, -0.1) is 0 Å². The standard InChI is InChI=1S/C19H18N2O3/c1-24-16-6-4-5-14(9-16)10-20-19(23)12-21-11-15(13-22)17-7-2-3-8-18(17)21/h2-9,11,13H,10,12H2,1H3,(H,20,23). The number of nitrogens with one attached hydrogen (secondary N) is 1. The van der Waals surface area contributed by atoms with Gasteiger partial charge in [0.15, 0.2) is 6.29 Å². The van der Waals surface area contributed by atoms with E-state index in [9.17, 15) is 9.59 Å². The Balaban J connectivity index is 1.70. The Kier molecular flexibility index (Phi) is 4.61. The first-order valence-electron chi connectivity index (χ1n) is 7.64. The van der Waals surface area contributed by atoms with E-state index in [1.807, 2.05) is 48.5 Å². The number of nitrogens with zero attached hydrogens (tertiary/aromatic N) is 1. The van der Waals surface area contributed by atoms with Crippen molar-refractivity contribution in [3.63, 3.8) is 0 Å². The van der Waals surface area contributed by atoms with Crippen molar-refractivity contribution < 1.29 is 14.3 Å². The van der Waals surface area contributed by atoms with Crippen LogP contribution in [0.25, 0.3) is 10.9 Å². The van der Waals surface area contributed by atoms with Gasteiger partial charge in [0.1, 0.15) is 12.3 Å². The maximum absolute atomic E-state index is 12.2. The molecule has 1 N–H and O–H groups in total. The molecule has 1 heterocycles. The van der Waals surface area contributed by atoms with Gasteiger partial charge in [-0.2, -0.15) is 0 Å². The van der Waals surface area contributed by atoms with E-state index in [0.29, 0.717) is 12.1 Å². The third kappa shape index (κ3) is 3.30. The molecule has 0 bridgehead atoms. The minimum Gasteiger partial charge on any atom is -0.497 e. The normalized spacial score (nSPS) is 10.5. The van der Waals surface area contributed by atoms with Crippen molar-refractivity contribution in [2.45, 2.75) is 13.1 Å². The Morgan fingerprint density at radius 1 is 1.21 bits per heavy atom. The predicted molar refractivity (Wildman–Crippen MR) is 92.2 cm³/mol. The van der Waals surface area contributed by atoms with E-state index in [1.54, 1.807) is 17.9 Å². The number of fused-ring (bicyclic) bond motifs is 1. The molecule has 3 aromatic rings. The lowest BCUT2D eigenvalue weighted by atomic mass is 10.2. The van der Waals surface area contributed by atoms with Crippen molar-refractivity contribution in [2.75, 3.05) is 7.11 Å². The van der Waals surface area contributed by atoms with Crippen molar-refractivity contribution in [1.29, 1.82) is 0 Å². The summed E-state index contributed by atoms with van der Waals surface area (Å²) in [6.45, 7) is 0.591. The monoisotopic (exact) mass is 322 g/mol. The zero-order valence-electron chi connectivity index (χ0n) is 13.4. The van der Waals surface area contributed by atoms with Gasteiger partial charge in [0.05, 0.1) is 7.11 Å². The summed E-state index contributed by atoms with van der Waals surface area (Å²) in [5, 5.41) is 3.74. The first kappa shape index (κ1) is 15.8. The first-order chi connectivity index (χ1) is 11.7. The van der Waals surface area contributed by atoms with Gasteiger partial charge in [-0.3, -0.25) is 9.59 Å². The highest BCUT2D eigenvalue weighted by Gasteiger charge is 2.10. The molecule has 122 valence electrons. The molecular weight excluding hydrogens is 304 g/mol. The maximum Gasteiger partial charge on any atom is 0.240 e. The minimum atomic E-state index is -0.115. The summed E-state index contributed by atoms with van der Waals surface area (Å²) in [6, 6.07) is 15.1. The summed E-state index contributed by atoms with van der Waals surface area (Å²) < 4.78 is 6.96. The second kappa shape index (κ2) is 7.00. The number of amides is 1. The van der Waals surface area contributed by atoms with Crippen LogP contribution in [0.15, 0.2) is 54.7 Å². The summed E-state index contributed by atoms with van der Waals surface area (Å²) in [5.41, 5.74) is 2.43. The van der Waals surface area contributed by atoms with E-state index < -0.39 is 0 Å². The molecule has 1 amide bonds. The number of aldehydes is 1. The fourth-order valence-electron chi connectivity index (χ4n) is 2.69. The molecule has 5 heteroatoms. The van der Waals surface area contributed by atoms with Crippen LogP contribution in [0.2, 0.25) is 0 Å². The average molecular weight is 322 g/mol. The molecule has 0 spiro atoms. The molecule has 2 aromatic carbocycles. The molecule has 0 atom stereocenters. The Bertz CT molecular complexity index is 883. The second-order valence-corrected chi connectivity index (χ2v) is 5.48. The number of ether oxygens (including phenoxy) is 1. The Labute approximate surface area is 139 Å². The number of hydrogen-bond donors (Lipinski definition) is 1. The summed E-state index contributed by atoms with van der Waals surface area (Å²) in [7, 11) is 1.61. The molecule has 0 saturated carbocycles. The lowest BCUT2D eigenvalue weighted by Crippen LogP contribution is -2.26. The zero-order chi connectivity index (χ0) is 16.9. The van der Waals surface area contributed by atoms with Crippen LogP contribution in [0.4, 0.5) is 0 Å². The van der Waals surface area contributed by atoms with Crippen molar-refractivity contribution in [3.8, 4) is 5.75 Å². The van der Waals surface area contributed by atoms with E-state index in [0.717, 1.165) is 28.5 Å². The molecular formula is C19H18N2O3. The van der Waals surface area contributed by atoms with E-state index in [2.05, 4.69) is 5.32 Å². The number of rotatable bonds is 6. The van der Waals surface area contributed by atoms with Gasteiger partial charge in [-0.05, 0) is 23.8 Å². The number of carbonyl (C=O) groups is 2. The summed E-state index contributed by atoms with van der Waals surface area (Å²) in [5.74, 6) is 0.643. The van der Waals surface area contributed by atoms with Crippen LogP contribution in [-0.4, -0.2) is 23.9 Å². The third-order valence-electron chi connectivity index (χ3n) is 3.88. The van der Waals surface area contributed by atoms with Gasteiger partial charge < -0.3 is 14.6 Å². The minimum absolute atomic E-state index is 0.115. The van der Waals surface area contributed by atoms with Crippen molar-refractivity contribution in [1.82, 2.24) is 9.88 Å². The molecule has 0 aliphatic heterocycles. The average Bonchev–Trinajstić information content (AvgIpc) is 2.98. The number of aromatic nitrogens is 1. The van der Waals surface area contributed by atoms with E-state index in [-0.39, 0.29) is 12.5 Å². The molecule has 5 nitrogen and oxygen atoms in total. The van der Waals surface area contributed by atoms with Crippen LogP contribution in [-0.2, 0) is 17.9 Å². The summed E-state index contributed by atoms with van der Waals surface area (Å²) >= 11 is 0. The highest BCUT2D eigenvalue weighted by molar-refractivity contribution is 5.98. The quantitative estimate of drug-likeness (QED) is 0.710. The van der Waals surface area contributed by atoms with Gasteiger partial charge in [-0.25, -0.2) is 0 Å². The molecule has 0 saturated heterocycles. The SMILES string of the molecule is COc1cccc(CNC(=O)Cn2cc(C=O)c3ccccc32)c1. The van der Waals surface area contributed by atoms with Crippen LogP contribution in [0.1, 0.15) is 15.9 Å². The summed E-state index contributed by atoms with van der Waals surface area (Å²) in [4.78, 5) is 23.4. The number of hydrogen-bond acceptors (Lipinski definition) is 3. The van der Waals surface area contributed by atoms with E-state index in [4.69, 9.17) is 4.74 Å². The first-order valence-corrected chi connectivity index (χ1v) is 7.64. The number of carbonyl (C=O) groups excluding carboxylic acids is 2. The number of methoxy groups -OCH3 is 1.